The quantitative estimate of drug-likeness (QED) is 0.846. The second-order valence-electron chi connectivity index (χ2n) is 5.25. The van der Waals surface area contributed by atoms with Crippen molar-refractivity contribution < 1.29 is 17.9 Å². The van der Waals surface area contributed by atoms with Crippen LogP contribution in [0.15, 0.2) is 35.2 Å². The molecule has 0 aliphatic carbocycles. The van der Waals surface area contributed by atoms with E-state index in [-0.39, 0.29) is 23.5 Å². The van der Waals surface area contributed by atoms with Gasteiger partial charge in [-0.1, -0.05) is 18.2 Å². The first-order valence-corrected chi connectivity index (χ1v) is 8.94. The molecular formula is C15H22N2O4S. The monoisotopic (exact) mass is 326 g/mol. The second-order valence-corrected chi connectivity index (χ2v) is 6.96. The van der Waals surface area contributed by atoms with E-state index in [0.717, 1.165) is 12.8 Å². The minimum absolute atomic E-state index is 0.0503. The summed E-state index contributed by atoms with van der Waals surface area (Å²) in [6.07, 6.45) is 1.50. The highest BCUT2D eigenvalue weighted by Gasteiger charge is 2.27. The molecular weight excluding hydrogens is 304 g/mol. The Balaban J connectivity index is 1.97. The van der Waals surface area contributed by atoms with Gasteiger partial charge in [0.15, 0.2) is 0 Å². The molecule has 0 aromatic heterocycles. The topological polar surface area (TPSA) is 75.7 Å². The van der Waals surface area contributed by atoms with Crippen LogP contribution >= 0.6 is 0 Å². The second kappa shape index (κ2) is 7.71. The Hall–Kier alpha value is -1.44. The van der Waals surface area contributed by atoms with E-state index >= 15 is 0 Å². The molecule has 6 nitrogen and oxygen atoms in total. The summed E-state index contributed by atoms with van der Waals surface area (Å²) in [6.45, 7) is 3.41. The third kappa shape index (κ3) is 4.53. The SMILES string of the molecule is CCOCC(=O)N1CCC[C@@H](NS(=O)(=O)c2ccccc2)C1. The molecule has 7 heteroatoms. The van der Waals surface area contributed by atoms with Crippen molar-refractivity contribution in [1.29, 1.82) is 0 Å². The summed E-state index contributed by atoms with van der Waals surface area (Å²) in [5.41, 5.74) is 0. The largest absolute Gasteiger partial charge is 0.372 e. The molecule has 1 saturated heterocycles. The summed E-state index contributed by atoms with van der Waals surface area (Å²) < 4.78 is 32.4. The van der Waals surface area contributed by atoms with Crippen LogP contribution in [0.2, 0.25) is 0 Å². The fraction of sp³-hybridized carbons (Fsp3) is 0.533. The predicted molar refractivity (Wildman–Crippen MR) is 82.9 cm³/mol. The molecule has 2 rings (SSSR count). The highest BCUT2D eigenvalue weighted by atomic mass is 32.2. The van der Waals surface area contributed by atoms with Crippen molar-refractivity contribution in [2.45, 2.75) is 30.7 Å². The lowest BCUT2D eigenvalue weighted by Crippen LogP contribution is -2.50. The molecule has 1 aromatic rings. The van der Waals surface area contributed by atoms with Gasteiger partial charge in [-0.25, -0.2) is 13.1 Å². The van der Waals surface area contributed by atoms with E-state index in [9.17, 15) is 13.2 Å². The van der Waals surface area contributed by atoms with Crippen LogP contribution < -0.4 is 4.72 Å². The molecule has 1 N–H and O–H groups in total. The van der Waals surface area contributed by atoms with Crippen LogP contribution in [0.1, 0.15) is 19.8 Å². The zero-order valence-electron chi connectivity index (χ0n) is 12.7. The molecule has 1 amide bonds. The molecule has 22 heavy (non-hydrogen) atoms. The summed E-state index contributed by atoms with van der Waals surface area (Å²) in [4.78, 5) is 13.9. The smallest absolute Gasteiger partial charge is 0.248 e. The molecule has 122 valence electrons. The molecule has 0 saturated carbocycles. The molecule has 1 heterocycles. The average Bonchev–Trinajstić information content (AvgIpc) is 2.53. The van der Waals surface area contributed by atoms with Crippen molar-refractivity contribution in [2.24, 2.45) is 0 Å². The number of sulfonamides is 1. The number of ether oxygens (including phenoxy) is 1. The maximum absolute atomic E-state index is 12.3. The number of nitrogens with zero attached hydrogens (tertiary/aromatic N) is 1. The minimum atomic E-state index is -3.55. The zero-order chi connectivity index (χ0) is 16.0. The van der Waals surface area contributed by atoms with E-state index in [1.54, 1.807) is 35.2 Å². The third-order valence-corrected chi connectivity index (χ3v) is 5.12. The number of hydrogen-bond donors (Lipinski definition) is 1. The van der Waals surface area contributed by atoms with Crippen molar-refractivity contribution in [1.82, 2.24) is 9.62 Å². The molecule has 1 fully saturated rings. The molecule has 1 aliphatic heterocycles. The van der Waals surface area contributed by atoms with Gasteiger partial charge in [0.05, 0.1) is 4.90 Å². The number of rotatable bonds is 6. The van der Waals surface area contributed by atoms with Crippen LogP contribution in [0.3, 0.4) is 0 Å². The Labute approximate surface area is 131 Å². The van der Waals surface area contributed by atoms with Gasteiger partial charge >= 0.3 is 0 Å². The van der Waals surface area contributed by atoms with Gasteiger partial charge in [0.1, 0.15) is 6.61 Å². The summed E-state index contributed by atoms with van der Waals surface area (Å²) in [7, 11) is -3.55. The van der Waals surface area contributed by atoms with E-state index < -0.39 is 10.0 Å². The van der Waals surface area contributed by atoms with Gasteiger partial charge in [-0.15, -0.1) is 0 Å². The molecule has 0 unspecified atom stereocenters. The van der Waals surface area contributed by atoms with Gasteiger partial charge < -0.3 is 9.64 Å². The fourth-order valence-electron chi connectivity index (χ4n) is 2.47. The summed E-state index contributed by atoms with van der Waals surface area (Å²) in [5, 5.41) is 0. The Morgan fingerprint density at radius 3 is 2.77 bits per heavy atom. The Bertz CT molecular complexity index is 589. The summed E-state index contributed by atoms with van der Waals surface area (Å²) in [5.74, 6) is -0.0922. The van der Waals surface area contributed by atoms with E-state index in [0.29, 0.717) is 19.7 Å². The van der Waals surface area contributed by atoms with Gasteiger partial charge in [-0.05, 0) is 31.9 Å². The lowest BCUT2D eigenvalue weighted by Gasteiger charge is -2.33. The first kappa shape index (κ1) is 16.9. The number of carbonyl (C=O) groups is 1. The van der Waals surface area contributed by atoms with E-state index in [1.807, 2.05) is 6.92 Å². The number of carbonyl (C=O) groups excluding carboxylic acids is 1. The van der Waals surface area contributed by atoms with Crippen LogP contribution in [0, 0.1) is 0 Å². The summed E-state index contributed by atoms with van der Waals surface area (Å²) in [6, 6.07) is 8.00. The van der Waals surface area contributed by atoms with Gasteiger partial charge in [0, 0.05) is 25.7 Å². The van der Waals surface area contributed by atoms with Crippen molar-refractivity contribution in [3.05, 3.63) is 30.3 Å². The van der Waals surface area contributed by atoms with Crippen LogP contribution in [-0.2, 0) is 19.6 Å². The van der Waals surface area contributed by atoms with Gasteiger partial charge in [0.2, 0.25) is 15.9 Å². The number of likely N-dealkylation sites (tertiary alicyclic amines) is 1. The van der Waals surface area contributed by atoms with Crippen molar-refractivity contribution >= 4 is 15.9 Å². The fourth-order valence-corrected chi connectivity index (χ4v) is 3.75. The average molecular weight is 326 g/mol. The maximum atomic E-state index is 12.3. The maximum Gasteiger partial charge on any atom is 0.248 e. The van der Waals surface area contributed by atoms with Crippen LogP contribution in [0.4, 0.5) is 0 Å². The lowest BCUT2D eigenvalue weighted by atomic mass is 10.1. The van der Waals surface area contributed by atoms with Gasteiger partial charge in [-0.2, -0.15) is 0 Å². The van der Waals surface area contributed by atoms with Gasteiger partial charge in [-0.3, -0.25) is 4.79 Å². The van der Waals surface area contributed by atoms with Gasteiger partial charge in [0.25, 0.3) is 0 Å². The molecule has 0 radical (unpaired) electrons. The first-order chi connectivity index (χ1) is 10.5. The van der Waals surface area contributed by atoms with E-state index in [4.69, 9.17) is 4.74 Å². The van der Waals surface area contributed by atoms with Crippen molar-refractivity contribution in [3.8, 4) is 0 Å². The molecule has 1 aliphatic rings. The standard InChI is InChI=1S/C15H22N2O4S/c1-2-21-12-15(18)17-10-6-7-13(11-17)16-22(19,20)14-8-4-3-5-9-14/h3-5,8-9,13,16H,2,6-7,10-12H2,1H3/t13-/m1/s1. The number of nitrogens with one attached hydrogen (secondary N) is 1. The minimum Gasteiger partial charge on any atom is -0.372 e. The number of piperidine rings is 1. The Morgan fingerprint density at radius 1 is 1.36 bits per heavy atom. The van der Waals surface area contributed by atoms with E-state index in [1.165, 1.54) is 0 Å². The van der Waals surface area contributed by atoms with Crippen molar-refractivity contribution in [2.75, 3.05) is 26.3 Å². The predicted octanol–water partition coefficient (Wildman–Crippen LogP) is 0.992. The molecule has 0 spiro atoms. The lowest BCUT2D eigenvalue weighted by molar-refractivity contribution is -0.137. The molecule has 1 aromatic carbocycles. The number of hydrogen-bond acceptors (Lipinski definition) is 4. The van der Waals surface area contributed by atoms with Crippen LogP contribution in [0.25, 0.3) is 0 Å². The third-order valence-electron chi connectivity index (χ3n) is 3.58. The number of amides is 1. The molecule has 1 atom stereocenters. The number of benzene rings is 1. The highest BCUT2D eigenvalue weighted by molar-refractivity contribution is 7.89. The van der Waals surface area contributed by atoms with Crippen molar-refractivity contribution in [3.63, 3.8) is 0 Å². The first-order valence-electron chi connectivity index (χ1n) is 7.46. The highest BCUT2D eigenvalue weighted by Crippen LogP contribution is 2.14. The Morgan fingerprint density at radius 2 is 2.09 bits per heavy atom. The van der Waals surface area contributed by atoms with E-state index in [2.05, 4.69) is 4.72 Å². The zero-order valence-corrected chi connectivity index (χ0v) is 13.5. The summed E-state index contributed by atoms with van der Waals surface area (Å²) >= 11 is 0. The normalized spacial score (nSPS) is 19.1. The molecule has 0 bridgehead atoms. The Kier molecular flexibility index (Phi) is 5.93. The van der Waals surface area contributed by atoms with Crippen LogP contribution in [0.5, 0.6) is 0 Å². The van der Waals surface area contributed by atoms with Crippen LogP contribution in [-0.4, -0.2) is 51.6 Å².